The lowest BCUT2D eigenvalue weighted by Gasteiger charge is -2.29. The number of ether oxygens (including phenoxy) is 1. The number of carboxylic acids is 1. The van der Waals surface area contributed by atoms with Gasteiger partial charge in [-0.15, -0.1) is 0 Å². The third-order valence-corrected chi connectivity index (χ3v) is 3.35. The summed E-state index contributed by atoms with van der Waals surface area (Å²) < 4.78 is 19.2. The van der Waals surface area contributed by atoms with Crippen molar-refractivity contribution < 1.29 is 19.0 Å². The highest BCUT2D eigenvalue weighted by atomic mass is 19.1. The van der Waals surface area contributed by atoms with Gasteiger partial charge in [-0.1, -0.05) is 13.0 Å². The van der Waals surface area contributed by atoms with Crippen LogP contribution in [0.5, 0.6) is 5.75 Å². The number of carbonyl (C=O) groups is 1. The van der Waals surface area contributed by atoms with E-state index in [9.17, 15) is 14.3 Å². The quantitative estimate of drug-likeness (QED) is 0.774. The van der Waals surface area contributed by atoms with E-state index in [2.05, 4.69) is 5.32 Å². The van der Waals surface area contributed by atoms with E-state index in [4.69, 9.17) is 4.74 Å². The molecule has 0 spiro atoms. The minimum absolute atomic E-state index is 0.158. The predicted octanol–water partition coefficient (Wildman–Crippen LogP) is 3.13. The zero-order valence-corrected chi connectivity index (χ0v) is 13.1. The van der Waals surface area contributed by atoms with Crippen LogP contribution in [0.2, 0.25) is 0 Å². The van der Waals surface area contributed by atoms with Gasteiger partial charge in [0.1, 0.15) is 5.54 Å². The van der Waals surface area contributed by atoms with Crippen LogP contribution in [0, 0.1) is 12.7 Å². The molecule has 0 fully saturated rings. The molecule has 0 heterocycles. The first-order chi connectivity index (χ1) is 9.78. The van der Waals surface area contributed by atoms with Crippen molar-refractivity contribution in [3.8, 4) is 5.75 Å². The van der Waals surface area contributed by atoms with Gasteiger partial charge in [0.25, 0.3) is 0 Å². The van der Waals surface area contributed by atoms with E-state index in [1.807, 2.05) is 13.8 Å². The molecular weight excluding hydrogens is 273 g/mol. The Hall–Kier alpha value is -1.62. The molecule has 0 aliphatic rings. The first kappa shape index (κ1) is 17.4. The van der Waals surface area contributed by atoms with Gasteiger partial charge in [0, 0.05) is 6.42 Å². The second-order valence-corrected chi connectivity index (χ2v) is 5.63. The Labute approximate surface area is 125 Å². The first-order valence-corrected chi connectivity index (χ1v) is 7.19. The van der Waals surface area contributed by atoms with Crippen LogP contribution < -0.4 is 10.1 Å². The third-order valence-electron chi connectivity index (χ3n) is 3.35. The minimum Gasteiger partial charge on any atom is -0.488 e. The predicted molar refractivity (Wildman–Crippen MR) is 80.2 cm³/mol. The Morgan fingerprint density at radius 3 is 2.76 bits per heavy atom. The van der Waals surface area contributed by atoms with E-state index in [0.29, 0.717) is 6.54 Å². The second-order valence-electron chi connectivity index (χ2n) is 5.63. The maximum Gasteiger partial charge on any atom is 0.323 e. The molecule has 118 valence electrons. The largest absolute Gasteiger partial charge is 0.488 e. The number of benzene rings is 1. The van der Waals surface area contributed by atoms with Gasteiger partial charge in [0.2, 0.25) is 0 Å². The Bertz CT molecular complexity index is 492. The van der Waals surface area contributed by atoms with E-state index >= 15 is 0 Å². The zero-order chi connectivity index (χ0) is 16.0. The summed E-state index contributed by atoms with van der Waals surface area (Å²) in [6.45, 7) is 7.79. The molecule has 1 aromatic carbocycles. The van der Waals surface area contributed by atoms with E-state index in [0.717, 1.165) is 12.0 Å². The Kier molecular flexibility index (Phi) is 6.15. The van der Waals surface area contributed by atoms with Gasteiger partial charge < -0.3 is 15.2 Å². The van der Waals surface area contributed by atoms with Gasteiger partial charge in [-0.05, 0) is 51.4 Å². The lowest BCUT2D eigenvalue weighted by atomic mass is 9.94. The van der Waals surface area contributed by atoms with Gasteiger partial charge in [0.05, 0.1) is 6.10 Å². The topological polar surface area (TPSA) is 58.6 Å². The molecule has 1 aromatic rings. The lowest BCUT2D eigenvalue weighted by Crippen LogP contribution is -2.52. The molecule has 2 atom stereocenters. The maximum absolute atomic E-state index is 13.7. The highest BCUT2D eigenvalue weighted by Crippen LogP contribution is 2.23. The number of nitrogens with one attached hydrogen (secondary N) is 1. The van der Waals surface area contributed by atoms with Gasteiger partial charge in [-0.25, -0.2) is 4.39 Å². The van der Waals surface area contributed by atoms with E-state index in [-0.39, 0.29) is 12.2 Å². The molecule has 0 radical (unpaired) electrons. The van der Waals surface area contributed by atoms with Crippen LogP contribution in [0.25, 0.3) is 0 Å². The lowest BCUT2D eigenvalue weighted by molar-refractivity contribution is -0.145. The molecule has 0 aliphatic carbocycles. The monoisotopic (exact) mass is 297 g/mol. The molecule has 0 bridgehead atoms. The van der Waals surface area contributed by atoms with E-state index < -0.39 is 23.4 Å². The Morgan fingerprint density at radius 2 is 2.19 bits per heavy atom. The van der Waals surface area contributed by atoms with Crippen LogP contribution in [0.15, 0.2) is 18.2 Å². The van der Waals surface area contributed by atoms with Crippen molar-refractivity contribution in [2.24, 2.45) is 0 Å². The summed E-state index contributed by atoms with van der Waals surface area (Å²) in [5.41, 5.74) is -0.195. The van der Waals surface area contributed by atoms with Crippen molar-refractivity contribution in [1.82, 2.24) is 5.32 Å². The molecule has 5 heteroatoms. The smallest absolute Gasteiger partial charge is 0.323 e. The zero-order valence-electron chi connectivity index (χ0n) is 13.1. The van der Waals surface area contributed by atoms with Crippen molar-refractivity contribution in [3.63, 3.8) is 0 Å². The fourth-order valence-corrected chi connectivity index (χ4v) is 2.17. The molecule has 2 unspecified atom stereocenters. The van der Waals surface area contributed by atoms with Crippen molar-refractivity contribution in [2.45, 2.75) is 52.2 Å². The molecule has 2 N–H and O–H groups in total. The number of hydrogen-bond donors (Lipinski definition) is 2. The SMILES string of the molecule is CCCNC(C)(CC(C)Oc1cc(C)ccc1F)C(=O)O. The fraction of sp³-hybridized carbons (Fsp3) is 0.562. The highest BCUT2D eigenvalue weighted by molar-refractivity contribution is 5.78. The van der Waals surface area contributed by atoms with Crippen LogP contribution in [0.1, 0.15) is 39.2 Å². The first-order valence-electron chi connectivity index (χ1n) is 7.19. The van der Waals surface area contributed by atoms with Gasteiger partial charge in [-0.3, -0.25) is 4.79 Å². The van der Waals surface area contributed by atoms with Gasteiger partial charge in [0.15, 0.2) is 11.6 Å². The summed E-state index contributed by atoms with van der Waals surface area (Å²) in [5.74, 6) is -1.21. The summed E-state index contributed by atoms with van der Waals surface area (Å²) in [4.78, 5) is 11.4. The molecular formula is C16H24FNO3. The molecule has 0 aliphatic heterocycles. The van der Waals surface area contributed by atoms with Crippen LogP contribution in [-0.2, 0) is 4.79 Å². The molecule has 0 aromatic heterocycles. The van der Waals surface area contributed by atoms with Crippen molar-refractivity contribution in [3.05, 3.63) is 29.6 Å². The molecule has 0 saturated carbocycles. The second kappa shape index (κ2) is 7.41. The van der Waals surface area contributed by atoms with Crippen LogP contribution >= 0.6 is 0 Å². The molecule has 0 saturated heterocycles. The molecule has 1 rings (SSSR count). The van der Waals surface area contributed by atoms with E-state index in [1.54, 1.807) is 26.0 Å². The summed E-state index contributed by atoms with van der Waals surface area (Å²) in [5, 5.41) is 12.4. The standard InChI is InChI=1S/C16H24FNO3/c1-5-8-18-16(4,15(19)20)10-12(3)21-14-9-11(2)6-7-13(14)17/h6-7,9,12,18H,5,8,10H2,1-4H3,(H,19,20). The average molecular weight is 297 g/mol. The molecule has 21 heavy (non-hydrogen) atoms. The Morgan fingerprint density at radius 1 is 1.52 bits per heavy atom. The number of aryl methyl sites for hydroxylation is 1. The minimum atomic E-state index is -1.09. The number of aliphatic carboxylic acids is 1. The van der Waals surface area contributed by atoms with E-state index in [1.165, 1.54) is 6.07 Å². The third kappa shape index (κ3) is 5.01. The molecule has 0 amide bonds. The van der Waals surface area contributed by atoms with Gasteiger partial charge >= 0.3 is 5.97 Å². The summed E-state index contributed by atoms with van der Waals surface area (Å²) in [6.07, 6.45) is 0.659. The summed E-state index contributed by atoms with van der Waals surface area (Å²) >= 11 is 0. The number of halogens is 1. The van der Waals surface area contributed by atoms with Crippen LogP contribution in [0.3, 0.4) is 0 Å². The summed E-state index contributed by atoms with van der Waals surface area (Å²) in [7, 11) is 0. The normalized spacial score (nSPS) is 15.3. The van der Waals surface area contributed by atoms with Crippen molar-refractivity contribution in [2.75, 3.05) is 6.54 Å². The highest BCUT2D eigenvalue weighted by Gasteiger charge is 2.34. The Balaban J connectivity index is 2.76. The number of carboxylic acid groups (broad SMARTS) is 1. The fourth-order valence-electron chi connectivity index (χ4n) is 2.17. The molecule has 4 nitrogen and oxygen atoms in total. The summed E-state index contributed by atoms with van der Waals surface area (Å²) in [6, 6.07) is 4.63. The van der Waals surface area contributed by atoms with Crippen LogP contribution in [-0.4, -0.2) is 29.3 Å². The average Bonchev–Trinajstić information content (AvgIpc) is 2.40. The van der Waals surface area contributed by atoms with Gasteiger partial charge in [-0.2, -0.15) is 0 Å². The van der Waals surface area contributed by atoms with Crippen molar-refractivity contribution >= 4 is 5.97 Å². The van der Waals surface area contributed by atoms with Crippen molar-refractivity contribution in [1.29, 1.82) is 0 Å². The maximum atomic E-state index is 13.7. The number of hydrogen-bond acceptors (Lipinski definition) is 3. The van der Waals surface area contributed by atoms with Crippen LogP contribution in [0.4, 0.5) is 4.39 Å². The number of rotatable bonds is 8.